The Hall–Kier alpha value is -2.16. The Morgan fingerprint density at radius 1 is 1.07 bits per heavy atom. The van der Waals surface area contributed by atoms with Gasteiger partial charge in [0.25, 0.3) is 0 Å². The largest absolute Gasteiger partial charge is 0.463 e. The number of nitrogens with zero attached hydrogens (tertiary/aromatic N) is 2. The molecular formula is C12H8N2O. The molecule has 3 aromatic heterocycles. The molecule has 0 aliphatic heterocycles. The van der Waals surface area contributed by atoms with Gasteiger partial charge in [0, 0.05) is 11.6 Å². The Bertz CT molecular complexity index is 587. The first-order chi connectivity index (χ1) is 7.43. The first-order valence-electron chi connectivity index (χ1n) is 4.68. The van der Waals surface area contributed by atoms with Crippen LogP contribution >= 0.6 is 0 Å². The van der Waals surface area contributed by atoms with Gasteiger partial charge in [-0.2, -0.15) is 0 Å². The summed E-state index contributed by atoms with van der Waals surface area (Å²) in [6.07, 6.45) is 5.16. The first-order valence-corrected chi connectivity index (χ1v) is 4.68. The van der Waals surface area contributed by atoms with Crippen LogP contribution in [-0.4, -0.2) is 9.97 Å². The van der Waals surface area contributed by atoms with E-state index in [1.807, 2.05) is 30.3 Å². The van der Waals surface area contributed by atoms with Crippen LogP contribution in [0.25, 0.3) is 22.4 Å². The molecule has 0 bridgehead atoms. The minimum absolute atomic E-state index is 0.778. The van der Waals surface area contributed by atoms with Gasteiger partial charge in [-0.1, -0.05) is 6.07 Å². The average molecular weight is 196 g/mol. The topological polar surface area (TPSA) is 38.9 Å². The maximum Gasteiger partial charge on any atom is 0.152 e. The van der Waals surface area contributed by atoms with Crippen LogP contribution in [0.4, 0.5) is 0 Å². The lowest BCUT2D eigenvalue weighted by Gasteiger charge is -1.98. The van der Waals surface area contributed by atoms with Crippen LogP contribution in [0.2, 0.25) is 0 Å². The van der Waals surface area contributed by atoms with Gasteiger partial charge in [0.05, 0.1) is 18.0 Å². The molecule has 0 spiro atoms. The Morgan fingerprint density at radius 2 is 2.07 bits per heavy atom. The van der Waals surface area contributed by atoms with E-state index in [1.54, 1.807) is 18.7 Å². The van der Waals surface area contributed by atoms with Crippen LogP contribution in [-0.2, 0) is 0 Å². The summed E-state index contributed by atoms with van der Waals surface area (Å²) in [5.41, 5.74) is 1.71. The highest BCUT2D eigenvalue weighted by Gasteiger charge is 2.02. The molecule has 0 saturated heterocycles. The van der Waals surface area contributed by atoms with Gasteiger partial charge in [0.1, 0.15) is 5.69 Å². The third-order valence-electron chi connectivity index (χ3n) is 2.27. The third kappa shape index (κ3) is 1.38. The summed E-state index contributed by atoms with van der Waals surface area (Å²) in [6.45, 7) is 0. The monoisotopic (exact) mass is 196 g/mol. The van der Waals surface area contributed by atoms with E-state index in [0.717, 1.165) is 22.4 Å². The molecule has 15 heavy (non-hydrogen) atoms. The Morgan fingerprint density at radius 3 is 2.93 bits per heavy atom. The van der Waals surface area contributed by atoms with E-state index in [0.29, 0.717) is 0 Å². The molecule has 3 nitrogen and oxygen atoms in total. The highest BCUT2D eigenvalue weighted by molar-refractivity contribution is 5.79. The quantitative estimate of drug-likeness (QED) is 0.600. The van der Waals surface area contributed by atoms with E-state index in [9.17, 15) is 0 Å². The summed E-state index contributed by atoms with van der Waals surface area (Å²) in [4.78, 5) is 8.50. The van der Waals surface area contributed by atoms with Gasteiger partial charge in [-0.15, -0.1) is 0 Å². The maximum absolute atomic E-state index is 5.29. The second-order valence-corrected chi connectivity index (χ2v) is 3.24. The van der Waals surface area contributed by atoms with Crippen molar-refractivity contribution in [2.24, 2.45) is 0 Å². The fourth-order valence-electron chi connectivity index (χ4n) is 1.53. The Kier molecular flexibility index (Phi) is 1.75. The normalized spacial score (nSPS) is 10.7. The average Bonchev–Trinajstić information content (AvgIpc) is 2.82. The van der Waals surface area contributed by atoms with Crippen molar-refractivity contribution in [2.45, 2.75) is 0 Å². The molecule has 0 amide bonds. The highest BCUT2D eigenvalue weighted by Crippen LogP contribution is 2.20. The standard InChI is InChI=1S/C12H8N2O/c1-2-12(15-7-1)10-4-3-9-5-6-13-8-11(9)14-10/h1-8H. The van der Waals surface area contributed by atoms with Gasteiger partial charge in [-0.3, -0.25) is 4.98 Å². The second kappa shape index (κ2) is 3.20. The predicted molar refractivity (Wildman–Crippen MR) is 57.2 cm³/mol. The van der Waals surface area contributed by atoms with E-state index in [-0.39, 0.29) is 0 Å². The van der Waals surface area contributed by atoms with Crippen molar-refractivity contribution in [2.75, 3.05) is 0 Å². The van der Waals surface area contributed by atoms with Crippen molar-refractivity contribution in [3.63, 3.8) is 0 Å². The number of rotatable bonds is 1. The Labute approximate surface area is 86.4 Å². The van der Waals surface area contributed by atoms with E-state index in [1.165, 1.54) is 0 Å². The lowest BCUT2D eigenvalue weighted by Crippen LogP contribution is -1.84. The molecule has 0 N–H and O–H groups in total. The van der Waals surface area contributed by atoms with Gasteiger partial charge in [-0.25, -0.2) is 4.98 Å². The molecular weight excluding hydrogens is 188 g/mol. The molecule has 0 aliphatic carbocycles. The van der Waals surface area contributed by atoms with Crippen molar-refractivity contribution >= 4 is 10.9 Å². The van der Waals surface area contributed by atoms with Crippen LogP contribution in [0.5, 0.6) is 0 Å². The molecule has 0 aliphatic rings. The van der Waals surface area contributed by atoms with Gasteiger partial charge < -0.3 is 4.42 Å². The molecule has 3 heteroatoms. The van der Waals surface area contributed by atoms with Crippen LogP contribution in [0.15, 0.2) is 53.4 Å². The fraction of sp³-hybridized carbons (Fsp3) is 0. The molecule has 0 radical (unpaired) electrons. The summed E-state index contributed by atoms with van der Waals surface area (Å²) >= 11 is 0. The lowest BCUT2D eigenvalue weighted by molar-refractivity contribution is 0.580. The van der Waals surface area contributed by atoms with Gasteiger partial charge in [0.15, 0.2) is 5.76 Å². The number of hydrogen-bond acceptors (Lipinski definition) is 3. The Balaban J connectivity index is 2.22. The number of fused-ring (bicyclic) bond motifs is 1. The molecule has 0 atom stereocenters. The molecule has 3 aromatic rings. The van der Waals surface area contributed by atoms with E-state index < -0.39 is 0 Å². The van der Waals surface area contributed by atoms with Crippen molar-refractivity contribution in [3.05, 3.63) is 49.0 Å². The summed E-state index contributed by atoms with van der Waals surface area (Å²) in [5, 5.41) is 1.08. The summed E-state index contributed by atoms with van der Waals surface area (Å²) in [5.74, 6) is 0.778. The van der Waals surface area contributed by atoms with Crippen molar-refractivity contribution in [3.8, 4) is 11.5 Å². The summed E-state index contributed by atoms with van der Waals surface area (Å²) in [6, 6.07) is 9.65. The number of pyridine rings is 2. The fourth-order valence-corrected chi connectivity index (χ4v) is 1.53. The number of hydrogen-bond donors (Lipinski definition) is 0. The molecule has 0 aromatic carbocycles. The van der Waals surface area contributed by atoms with Crippen molar-refractivity contribution in [1.82, 2.24) is 9.97 Å². The van der Waals surface area contributed by atoms with E-state index in [2.05, 4.69) is 9.97 Å². The van der Waals surface area contributed by atoms with Gasteiger partial charge in [-0.05, 0) is 24.3 Å². The second-order valence-electron chi connectivity index (χ2n) is 3.24. The first kappa shape index (κ1) is 8.17. The lowest BCUT2D eigenvalue weighted by atomic mass is 10.2. The minimum atomic E-state index is 0.778. The zero-order valence-electron chi connectivity index (χ0n) is 7.92. The van der Waals surface area contributed by atoms with Crippen LogP contribution in [0.1, 0.15) is 0 Å². The minimum Gasteiger partial charge on any atom is -0.463 e. The zero-order valence-corrected chi connectivity index (χ0v) is 7.92. The SMILES string of the molecule is c1coc(-c2ccc3ccncc3n2)c1. The van der Waals surface area contributed by atoms with Gasteiger partial charge in [0.2, 0.25) is 0 Å². The van der Waals surface area contributed by atoms with Gasteiger partial charge >= 0.3 is 0 Å². The molecule has 0 saturated carbocycles. The smallest absolute Gasteiger partial charge is 0.152 e. The maximum atomic E-state index is 5.29. The van der Waals surface area contributed by atoms with Crippen molar-refractivity contribution in [1.29, 1.82) is 0 Å². The summed E-state index contributed by atoms with van der Waals surface area (Å²) in [7, 11) is 0. The molecule has 0 fully saturated rings. The van der Waals surface area contributed by atoms with Crippen molar-refractivity contribution < 1.29 is 4.42 Å². The number of aromatic nitrogens is 2. The van der Waals surface area contributed by atoms with E-state index in [4.69, 9.17) is 4.42 Å². The molecule has 72 valence electrons. The van der Waals surface area contributed by atoms with Crippen LogP contribution in [0, 0.1) is 0 Å². The number of furan rings is 1. The predicted octanol–water partition coefficient (Wildman–Crippen LogP) is 2.89. The van der Waals surface area contributed by atoms with Crippen LogP contribution < -0.4 is 0 Å². The molecule has 3 heterocycles. The highest BCUT2D eigenvalue weighted by atomic mass is 16.3. The summed E-state index contributed by atoms with van der Waals surface area (Å²) < 4.78 is 5.29. The van der Waals surface area contributed by atoms with Crippen LogP contribution in [0.3, 0.4) is 0 Å². The molecule has 3 rings (SSSR count). The molecule has 0 unspecified atom stereocenters. The van der Waals surface area contributed by atoms with E-state index >= 15 is 0 Å². The zero-order chi connectivity index (χ0) is 10.1. The third-order valence-corrected chi connectivity index (χ3v) is 2.27.